The zero-order valence-electron chi connectivity index (χ0n) is 19.1. The molecule has 3 rings (SSSR count). The van der Waals surface area contributed by atoms with Crippen LogP contribution in [-0.2, 0) is 22.4 Å². The molecule has 0 fully saturated rings. The van der Waals surface area contributed by atoms with E-state index in [0.29, 0.717) is 12.8 Å². The molecule has 1 heterocycles. The first-order chi connectivity index (χ1) is 15.9. The maximum atomic E-state index is 13.5. The van der Waals surface area contributed by atoms with Gasteiger partial charge in [-0.1, -0.05) is 80.6 Å². The molecule has 0 aliphatic heterocycles. The van der Waals surface area contributed by atoms with Crippen molar-refractivity contribution in [3.8, 4) is 0 Å². The molecule has 0 aliphatic rings. The van der Waals surface area contributed by atoms with Gasteiger partial charge in [-0.05, 0) is 29.2 Å². The number of pyridine rings is 1. The largest absolute Gasteiger partial charge is 0.347 e. The molecule has 0 aliphatic carbocycles. The van der Waals surface area contributed by atoms with Crippen LogP contribution in [0.15, 0.2) is 85.1 Å². The first kappa shape index (κ1) is 24.1. The zero-order chi connectivity index (χ0) is 23.6. The van der Waals surface area contributed by atoms with Crippen molar-refractivity contribution in [3.05, 3.63) is 102 Å². The number of rotatable bonds is 10. The lowest BCUT2D eigenvalue weighted by Crippen LogP contribution is -2.54. The SMILES string of the molecule is CC(C)[C@@H](N)C(=O)N[C@@H](Cc1ccccc1)C(=O)NC(Cc1ccccn1)c1ccccc1. The van der Waals surface area contributed by atoms with E-state index in [0.717, 1.165) is 16.8 Å². The van der Waals surface area contributed by atoms with Gasteiger partial charge in [-0.2, -0.15) is 0 Å². The molecule has 0 bridgehead atoms. The van der Waals surface area contributed by atoms with Crippen LogP contribution in [0.5, 0.6) is 0 Å². The Hall–Kier alpha value is -3.51. The number of amides is 2. The highest BCUT2D eigenvalue weighted by molar-refractivity contribution is 5.90. The third kappa shape index (κ3) is 7.26. The first-order valence-corrected chi connectivity index (χ1v) is 11.3. The minimum Gasteiger partial charge on any atom is -0.347 e. The molecule has 2 amide bonds. The molecular weight excluding hydrogens is 412 g/mol. The average Bonchev–Trinajstić information content (AvgIpc) is 2.84. The summed E-state index contributed by atoms with van der Waals surface area (Å²) in [6, 6.07) is 23.4. The molecule has 1 aromatic heterocycles. The van der Waals surface area contributed by atoms with E-state index >= 15 is 0 Å². The summed E-state index contributed by atoms with van der Waals surface area (Å²) >= 11 is 0. The van der Waals surface area contributed by atoms with Gasteiger partial charge in [0.15, 0.2) is 0 Å². The fourth-order valence-electron chi connectivity index (χ4n) is 3.57. The van der Waals surface area contributed by atoms with Gasteiger partial charge in [0.25, 0.3) is 0 Å². The molecule has 6 heteroatoms. The molecular formula is C27H32N4O2. The van der Waals surface area contributed by atoms with Gasteiger partial charge in [0.05, 0.1) is 12.1 Å². The van der Waals surface area contributed by atoms with Gasteiger partial charge in [0.2, 0.25) is 11.8 Å². The molecule has 172 valence electrons. The van der Waals surface area contributed by atoms with E-state index in [9.17, 15) is 9.59 Å². The van der Waals surface area contributed by atoms with Crippen molar-refractivity contribution in [2.24, 2.45) is 11.7 Å². The van der Waals surface area contributed by atoms with Crippen molar-refractivity contribution >= 4 is 11.8 Å². The quantitative estimate of drug-likeness (QED) is 0.447. The standard InChI is InChI=1S/C27H32N4O2/c1-19(2)25(28)27(33)31-24(17-20-11-5-3-6-12-20)26(32)30-23(21-13-7-4-8-14-21)18-22-15-9-10-16-29-22/h3-16,19,23-25H,17-18,28H2,1-2H3,(H,30,32)(H,31,33)/t23?,24-,25+/m0/s1. The molecule has 0 spiro atoms. The highest BCUT2D eigenvalue weighted by Gasteiger charge is 2.27. The predicted molar refractivity (Wildman–Crippen MR) is 130 cm³/mol. The molecule has 0 radical (unpaired) electrons. The number of carbonyl (C=O) groups is 2. The Bertz CT molecular complexity index is 1010. The Balaban J connectivity index is 1.82. The normalized spacial score (nSPS) is 13.7. The Morgan fingerprint density at radius 1 is 0.818 bits per heavy atom. The number of hydrogen-bond donors (Lipinski definition) is 3. The second-order valence-corrected chi connectivity index (χ2v) is 8.52. The summed E-state index contributed by atoms with van der Waals surface area (Å²) in [5.41, 5.74) is 8.84. The lowest BCUT2D eigenvalue weighted by atomic mass is 9.99. The topological polar surface area (TPSA) is 97.1 Å². The van der Waals surface area contributed by atoms with E-state index in [1.54, 1.807) is 6.20 Å². The number of nitrogens with one attached hydrogen (secondary N) is 2. The van der Waals surface area contributed by atoms with Gasteiger partial charge in [-0.3, -0.25) is 14.6 Å². The van der Waals surface area contributed by atoms with Gasteiger partial charge < -0.3 is 16.4 Å². The molecule has 3 aromatic rings. The van der Waals surface area contributed by atoms with Gasteiger partial charge in [0.1, 0.15) is 6.04 Å². The number of benzene rings is 2. The summed E-state index contributed by atoms with van der Waals surface area (Å²) in [6.45, 7) is 3.77. The second kappa shape index (κ2) is 11.9. The van der Waals surface area contributed by atoms with E-state index in [4.69, 9.17) is 5.73 Å². The van der Waals surface area contributed by atoms with Crippen LogP contribution in [0, 0.1) is 5.92 Å². The van der Waals surface area contributed by atoms with Crippen molar-refractivity contribution in [3.63, 3.8) is 0 Å². The van der Waals surface area contributed by atoms with Crippen molar-refractivity contribution in [2.75, 3.05) is 0 Å². The molecule has 33 heavy (non-hydrogen) atoms. The van der Waals surface area contributed by atoms with Crippen LogP contribution in [-0.4, -0.2) is 28.9 Å². The highest BCUT2D eigenvalue weighted by Crippen LogP contribution is 2.18. The van der Waals surface area contributed by atoms with Crippen LogP contribution >= 0.6 is 0 Å². The number of aromatic nitrogens is 1. The van der Waals surface area contributed by atoms with E-state index in [1.165, 1.54) is 0 Å². The Kier molecular flexibility index (Phi) is 8.72. The molecule has 0 saturated carbocycles. The molecule has 2 aromatic carbocycles. The maximum Gasteiger partial charge on any atom is 0.243 e. The fourth-order valence-corrected chi connectivity index (χ4v) is 3.57. The van der Waals surface area contributed by atoms with Crippen molar-refractivity contribution in [1.82, 2.24) is 15.6 Å². The number of nitrogens with two attached hydrogens (primary N) is 1. The Labute approximate surface area is 195 Å². The van der Waals surface area contributed by atoms with E-state index in [1.807, 2.05) is 92.7 Å². The predicted octanol–water partition coefficient (Wildman–Crippen LogP) is 3.19. The number of nitrogens with zero attached hydrogens (tertiary/aromatic N) is 1. The summed E-state index contributed by atoms with van der Waals surface area (Å²) in [5, 5.41) is 6.02. The average molecular weight is 445 g/mol. The highest BCUT2D eigenvalue weighted by atomic mass is 16.2. The molecule has 4 N–H and O–H groups in total. The summed E-state index contributed by atoms with van der Waals surface area (Å²) in [7, 11) is 0. The van der Waals surface area contributed by atoms with Gasteiger partial charge in [0, 0.05) is 24.7 Å². The van der Waals surface area contributed by atoms with Gasteiger partial charge >= 0.3 is 0 Å². The van der Waals surface area contributed by atoms with Crippen molar-refractivity contribution in [2.45, 2.75) is 44.8 Å². The summed E-state index contributed by atoms with van der Waals surface area (Å²) in [5.74, 6) is -0.623. The number of carbonyl (C=O) groups excluding carboxylic acids is 2. The van der Waals surface area contributed by atoms with Gasteiger partial charge in [-0.15, -0.1) is 0 Å². The van der Waals surface area contributed by atoms with Crippen molar-refractivity contribution in [1.29, 1.82) is 0 Å². The monoisotopic (exact) mass is 444 g/mol. The summed E-state index contributed by atoms with van der Waals surface area (Å²) in [4.78, 5) is 30.6. The molecule has 6 nitrogen and oxygen atoms in total. The zero-order valence-corrected chi connectivity index (χ0v) is 19.1. The third-order valence-electron chi connectivity index (χ3n) is 5.59. The summed E-state index contributed by atoms with van der Waals surface area (Å²) in [6.07, 6.45) is 2.65. The first-order valence-electron chi connectivity index (χ1n) is 11.3. The Morgan fingerprint density at radius 2 is 1.45 bits per heavy atom. The van der Waals surface area contributed by atoms with Gasteiger partial charge in [-0.25, -0.2) is 0 Å². The fraction of sp³-hybridized carbons (Fsp3) is 0.296. The molecule has 0 saturated heterocycles. The van der Waals surface area contributed by atoms with E-state index in [2.05, 4.69) is 15.6 Å². The second-order valence-electron chi connectivity index (χ2n) is 8.52. The van der Waals surface area contributed by atoms with E-state index in [-0.39, 0.29) is 23.8 Å². The van der Waals surface area contributed by atoms with Crippen LogP contribution in [0.4, 0.5) is 0 Å². The van der Waals surface area contributed by atoms with Crippen LogP contribution in [0.2, 0.25) is 0 Å². The van der Waals surface area contributed by atoms with Crippen LogP contribution in [0.1, 0.15) is 36.7 Å². The minimum absolute atomic E-state index is 0.0355. The molecule has 3 atom stereocenters. The lowest BCUT2D eigenvalue weighted by molar-refractivity contribution is -0.130. The summed E-state index contributed by atoms with van der Waals surface area (Å²) < 4.78 is 0. The maximum absolute atomic E-state index is 13.5. The van der Waals surface area contributed by atoms with Crippen LogP contribution in [0.3, 0.4) is 0 Å². The van der Waals surface area contributed by atoms with Crippen molar-refractivity contribution < 1.29 is 9.59 Å². The van der Waals surface area contributed by atoms with E-state index < -0.39 is 12.1 Å². The lowest BCUT2D eigenvalue weighted by Gasteiger charge is -2.25. The smallest absolute Gasteiger partial charge is 0.243 e. The molecule has 1 unspecified atom stereocenters. The van der Waals surface area contributed by atoms with Crippen LogP contribution in [0.25, 0.3) is 0 Å². The van der Waals surface area contributed by atoms with Crippen LogP contribution < -0.4 is 16.4 Å². The minimum atomic E-state index is -0.750. The Morgan fingerprint density at radius 3 is 2.06 bits per heavy atom. The number of hydrogen-bond acceptors (Lipinski definition) is 4. The third-order valence-corrected chi connectivity index (χ3v) is 5.59.